The van der Waals surface area contributed by atoms with Crippen molar-refractivity contribution in [3.63, 3.8) is 0 Å². The van der Waals surface area contributed by atoms with E-state index in [2.05, 4.69) is 19.9 Å². The van der Waals surface area contributed by atoms with E-state index >= 15 is 0 Å². The molecule has 6 nitrogen and oxygen atoms in total. The van der Waals surface area contributed by atoms with E-state index < -0.39 is 11.6 Å². The molecule has 2 N–H and O–H groups in total. The molecule has 1 aromatic heterocycles. The lowest BCUT2D eigenvalue weighted by molar-refractivity contribution is 0.378. The number of guanidine groups is 1. The summed E-state index contributed by atoms with van der Waals surface area (Å²) in [6.07, 6.45) is 3.88. The molecule has 9 heteroatoms. The summed E-state index contributed by atoms with van der Waals surface area (Å²) in [5.41, 5.74) is 6.60. The van der Waals surface area contributed by atoms with E-state index in [9.17, 15) is 8.78 Å². The zero-order valence-electron chi connectivity index (χ0n) is 14.2. The molecule has 3 rings (SSSR count). The summed E-state index contributed by atoms with van der Waals surface area (Å²) in [6.45, 7) is 3.35. The van der Waals surface area contributed by atoms with Gasteiger partial charge in [0, 0.05) is 51.2 Å². The van der Waals surface area contributed by atoms with E-state index in [0.29, 0.717) is 30.4 Å². The van der Waals surface area contributed by atoms with Crippen molar-refractivity contribution in [2.75, 3.05) is 37.6 Å². The smallest absolute Gasteiger partial charge is 0.225 e. The van der Waals surface area contributed by atoms with E-state index in [1.165, 1.54) is 12.1 Å². The number of halogens is 3. The van der Waals surface area contributed by atoms with Gasteiger partial charge in [-0.15, -0.1) is 24.0 Å². The molecule has 1 fully saturated rings. The third-order valence-corrected chi connectivity index (χ3v) is 4.04. The van der Waals surface area contributed by atoms with Gasteiger partial charge in [-0.2, -0.15) is 0 Å². The largest absolute Gasteiger partial charge is 0.370 e. The van der Waals surface area contributed by atoms with Crippen LogP contribution in [0.2, 0.25) is 0 Å². The average molecular weight is 474 g/mol. The van der Waals surface area contributed by atoms with E-state index in [0.717, 1.165) is 32.2 Å². The molecule has 2 heterocycles. The molecule has 0 saturated carbocycles. The van der Waals surface area contributed by atoms with Crippen molar-refractivity contribution < 1.29 is 8.78 Å². The monoisotopic (exact) mass is 474 g/mol. The Bertz CT molecular complexity index is 715. The lowest BCUT2D eigenvalue weighted by atomic mass is 10.1. The first kappa shape index (κ1) is 20.3. The highest BCUT2D eigenvalue weighted by Crippen LogP contribution is 2.10. The Labute approximate surface area is 168 Å². The van der Waals surface area contributed by atoms with Gasteiger partial charge in [0.05, 0.1) is 0 Å². The van der Waals surface area contributed by atoms with Crippen LogP contribution in [-0.4, -0.2) is 53.6 Å². The Hall–Kier alpha value is -2.04. The summed E-state index contributed by atoms with van der Waals surface area (Å²) in [7, 11) is 0. The predicted molar refractivity (Wildman–Crippen MR) is 108 cm³/mol. The van der Waals surface area contributed by atoms with Gasteiger partial charge in [-0.1, -0.05) is 0 Å². The first-order valence-electron chi connectivity index (χ1n) is 8.13. The number of hydrogen-bond donors (Lipinski definition) is 1. The number of rotatable bonds is 4. The molecule has 2 aromatic rings. The lowest BCUT2D eigenvalue weighted by Crippen LogP contribution is -2.51. The molecule has 0 atom stereocenters. The second-order valence-corrected chi connectivity index (χ2v) is 5.79. The Morgan fingerprint density at radius 1 is 1.04 bits per heavy atom. The first-order valence-corrected chi connectivity index (χ1v) is 8.13. The summed E-state index contributed by atoms with van der Waals surface area (Å²) in [5, 5.41) is 0. The summed E-state index contributed by atoms with van der Waals surface area (Å²) in [6, 6.07) is 5.27. The molecule has 0 bridgehead atoms. The van der Waals surface area contributed by atoms with Gasteiger partial charge in [-0.05, 0) is 30.2 Å². The molecule has 0 unspecified atom stereocenters. The van der Waals surface area contributed by atoms with Crippen LogP contribution in [-0.2, 0) is 6.42 Å². The number of hydrogen-bond acceptors (Lipinski definition) is 4. The fraction of sp³-hybridized carbons (Fsp3) is 0.353. The summed E-state index contributed by atoms with van der Waals surface area (Å²) in [5.74, 6) is 0.00806. The van der Waals surface area contributed by atoms with Crippen molar-refractivity contribution >= 4 is 35.9 Å². The van der Waals surface area contributed by atoms with Crippen molar-refractivity contribution in [2.24, 2.45) is 10.7 Å². The van der Waals surface area contributed by atoms with E-state index in [-0.39, 0.29) is 24.0 Å². The highest BCUT2D eigenvalue weighted by molar-refractivity contribution is 14.0. The van der Waals surface area contributed by atoms with Crippen molar-refractivity contribution in [3.05, 3.63) is 53.9 Å². The van der Waals surface area contributed by atoms with Gasteiger partial charge < -0.3 is 15.5 Å². The number of benzene rings is 1. The molecule has 0 aliphatic carbocycles. The van der Waals surface area contributed by atoms with Crippen LogP contribution in [0.3, 0.4) is 0 Å². The Morgan fingerprint density at radius 3 is 2.27 bits per heavy atom. The zero-order valence-corrected chi connectivity index (χ0v) is 16.5. The third kappa shape index (κ3) is 5.48. The molecule has 0 spiro atoms. The van der Waals surface area contributed by atoms with E-state index in [1.54, 1.807) is 18.5 Å². The Kier molecular flexibility index (Phi) is 7.49. The molecular weight excluding hydrogens is 453 g/mol. The molecular formula is C17H21F2IN6. The second kappa shape index (κ2) is 9.60. The molecule has 140 valence electrons. The third-order valence-electron chi connectivity index (χ3n) is 4.04. The fourth-order valence-electron chi connectivity index (χ4n) is 2.74. The highest BCUT2D eigenvalue weighted by Gasteiger charge is 2.19. The second-order valence-electron chi connectivity index (χ2n) is 5.79. The molecule has 26 heavy (non-hydrogen) atoms. The summed E-state index contributed by atoms with van der Waals surface area (Å²) in [4.78, 5) is 16.9. The first-order chi connectivity index (χ1) is 12.1. The molecule has 0 radical (unpaired) electrons. The molecule has 1 saturated heterocycles. The SMILES string of the molecule is I.NC(=NCCc1cc(F)cc(F)c1)N1CCN(c2ncccn2)CC1. The number of aliphatic imine (C=N–C) groups is 1. The van der Waals surface area contributed by atoms with Gasteiger partial charge >= 0.3 is 0 Å². The average Bonchev–Trinajstić information content (AvgIpc) is 2.62. The van der Waals surface area contributed by atoms with Crippen LogP contribution < -0.4 is 10.6 Å². The number of anilines is 1. The van der Waals surface area contributed by atoms with Crippen molar-refractivity contribution in [1.29, 1.82) is 0 Å². The molecule has 1 aliphatic rings. The van der Waals surface area contributed by atoms with Gasteiger partial charge in [0.2, 0.25) is 5.95 Å². The van der Waals surface area contributed by atoms with Crippen LogP contribution in [0.25, 0.3) is 0 Å². The topological polar surface area (TPSA) is 70.6 Å². The standard InChI is InChI=1S/C17H20F2N6.HI/c18-14-10-13(11-15(19)12-14)2-5-21-16(20)24-6-8-25(9-7-24)17-22-3-1-4-23-17;/h1,3-4,10-12H,2,5-9H2,(H2,20,21);1H. The maximum atomic E-state index is 13.2. The van der Waals surface area contributed by atoms with Crippen LogP contribution in [0.15, 0.2) is 41.7 Å². The van der Waals surface area contributed by atoms with Crippen molar-refractivity contribution in [2.45, 2.75) is 6.42 Å². The van der Waals surface area contributed by atoms with Gasteiger partial charge in [0.1, 0.15) is 11.6 Å². The quantitative estimate of drug-likeness (QED) is 0.418. The summed E-state index contributed by atoms with van der Waals surface area (Å²) >= 11 is 0. The maximum Gasteiger partial charge on any atom is 0.225 e. The minimum Gasteiger partial charge on any atom is -0.370 e. The molecule has 1 aliphatic heterocycles. The van der Waals surface area contributed by atoms with Crippen LogP contribution in [0.1, 0.15) is 5.56 Å². The van der Waals surface area contributed by atoms with Gasteiger partial charge in [0.25, 0.3) is 0 Å². The molecule has 1 aromatic carbocycles. The number of nitrogens with two attached hydrogens (primary N) is 1. The van der Waals surface area contributed by atoms with Crippen LogP contribution in [0.4, 0.5) is 14.7 Å². The van der Waals surface area contributed by atoms with Gasteiger partial charge in [-0.3, -0.25) is 4.99 Å². The zero-order chi connectivity index (χ0) is 17.6. The number of aromatic nitrogens is 2. The van der Waals surface area contributed by atoms with Crippen molar-refractivity contribution in [1.82, 2.24) is 14.9 Å². The van der Waals surface area contributed by atoms with Crippen LogP contribution in [0, 0.1) is 11.6 Å². The number of piperazine rings is 1. The van der Waals surface area contributed by atoms with Crippen LogP contribution >= 0.6 is 24.0 Å². The van der Waals surface area contributed by atoms with E-state index in [1.807, 2.05) is 4.90 Å². The van der Waals surface area contributed by atoms with Crippen LogP contribution in [0.5, 0.6) is 0 Å². The number of nitrogens with zero attached hydrogens (tertiary/aromatic N) is 5. The lowest BCUT2D eigenvalue weighted by Gasteiger charge is -2.35. The molecule has 0 amide bonds. The Balaban J connectivity index is 0.00000243. The minimum absolute atomic E-state index is 0. The highest BCUT2D eigenvalue weighted by atomic mass is 127. The fourth-order valence-corrected chi connectivity index (χ4v) is 2.74. The van der Waals surface area contributed by atoms with Crippen molar-refractivity contribution in [3.8, 4) is 0 Å². The van der Waals surface area contributed by atoms with Gasteiger partial charge in [-0.25, -0.2) is 18.7 Å². The van der Waals surface area contributed by atoms with E-state index in [4.69, 9.17) is 5.73 Å². The maximum absolute atomic E-state index is 13.2. The van der Waals surface area contributed by atoms with Gasteiger partial charge in [0.15, 0.2) is 5.96 Å². The predicted octanol–water partition coefficient (Wildman–Crippen LogP) is 2.05. The summed E-state index contributed by atoms with van der Waals surface area (Å²) < 4.78 is 26.3. The normalized spacial score (nSPS) is 14.9. The Morgan fingerprint density at radius 2 is 1.65 bits per heavy atom. The minimum atomic E-state index is -0.578.